The minimum atomic E-state index is -0.441. The Morgan fingerprint density at radius 1 is 1.11 bits per heavy atom. The zero-order valence-corrected chi connectivity index (χ0v) is 10.8. The van der Waals surface area contributed by atoms with Crippen LogP contribution in [0.5, 0.6) is 5.75 Å². The van der Waals surface area contributed by atoms with Crippen molar-refractivity contribution in [3.8, 4) is 5.75 Å². The van der Waals surface area contributed by atoms with Crippen LogP contribution >= 0.6 is 0 Å². The summed E-state index contributed by atoms with van der Waals surface area (Å²) in [6.45, 7) is 2.15. The SMILES string of the molecule is COc1ccc(NCc2cc(F)ccc2F)cc1C. The molecule has 0 saturated heterocycles. The van der Waals surface area contributed by atoms with Gasteiger partial charge in [-0.1, -0.05) is 0 Å². The summed E-state index contributed by atoms with van der Waals surface area (Å²) < 4.78 is 31.6. The van der Waals surface area contributed by atoms with E-state index in [4.69, 9.17) is 4.74 Å². The summed E-state index contributed by atoms with van der Waals surface area (Å²) in [6, 6.07) is 9.00. The number of methoxy groups -OCH3 is 1. The van der Waals surface area contributed by atoms with Gasteiger partial charge in [0.1, 0.15) is 17.4 Å². The average Bonchev–Trinajstić information content (AvgIpc) is 2.40. The summed E-state index contributed by atoms with van der Waals surface area (Å²) in [5.74, 6) is -0.0641. The molecule has 100 valence electrons. The molecule has 0 spiro atoms. The van der Waals surface area contributed by atoms with Gasteiger partial charge in [-0.15, -0.1) is 0 Å². The van der Waals surface area contributed by atoms with Crippen LogP contribution < -0.4 is 10.1 Å². The second-order valence-corrected chi connectivity index (χ2v) is 4.27. The quantitative estimate of drug-likeness (QED) is 0.903. The van der Waals surface area contributed by atoms with Gasteiger partial charge in [0.05, 0.1) is 7.11 Å². The van der Waals surface area contributed by atoms with Crippen molar-refractivity contribution >= 4 is 5.69 Å². The van der Waals surface area contributed by atoms with E-state index in [2.05, 4.69) is 5.32 Å². The van der Waals surface area contributed by atoms with Gasteiger partial charge >= 0.3 is 0 Å². The van der Waals surface area contributed by atoms with Gasteiger partial charge in [0.15, 0.2) is 0 Å². The van der Waals surface area contributed by atoms with Gasteiger partial charge < -0.3 is 10.1 Å². The van der Waals surface area contributed by atoms with Crippen LogP contribution in [-0.2, 0) is 6.54 Å². The molecule has 0 heterocycles. The first-order valence-electron chi connectivity index (χ1n) is 5.92. The molecule has 19 heavy (non-hydrogen) atoms. The van der Waals surface area contributed by atoms with Crippen molar-refractivity contribution in [1.29, 1.82) is 0 Å². The molecule has 2 aromatic rings. The normalized spacial score (nSPS) is 10.3. The largest absolute Gasteiger partial charge is 0.496 e. The van der Waals surface area contributed by atoms with Crippen LogP contribution in [0.4, 0.5) is 14.5 Å². The van der Waals surface area contributed by atoms with E-state index in [0.717, 1.165) is 29.1 Å². The second kappa shape index (κ2) is 5.69. The summed E-state index contributed by atoms with van der Waals surface area (Å²) in [7, 11) is 1.61. The predicted octanol–water partition coefficient (Wildman–Crippen LogP) is 3.89. The molecular weight excluding hydrogens is 248 g/mol. The molecule has 1 N–H and O–H groups in total. The fourth-order valence-corrected chi connectivity index (χ4v) is 1.86. The zero-order chi connectivity index (χ0) is 13.8. The standard InChI is InChI=1S/C15H15F2NO/c1-10-7-13(4-6-15(10)19-2)18-9-11-8-12(16)3-5-14(11)17/h3-8,18H,9H2,1-2H3. The van der Waals surface area contributed by atoms with Gasteiger partial charge in [-0.2, -0.15) is 0 Å². The smallest absolute Gasteiger partial charge is 0.128 e. The first kappa shape index (κ1) is 13.3. The highest BCUT2D eigenvalue weighted by atomic mass is 19.1. The number of aryl methyl sites for hydroxylation is 1. The van der Waals surface area contributed by atoms with Crippen LogP contribution in [0.15, 0.2) is 36.4 Å². The molecule has 0 aliphatic heterocycles. The van der Waals surface area contributed by atoms with Gasteiger partial charge in [0, 0.05) is 17.8 Å². The lowest BCUT2D eigenvalue weighted by molar-refractivity contribution is 0.412. The van der Waals surface area contributed by atoms with Crippen LogP contribution in [0.2, 0.25) is 0 Å². The van der Waals surface area contributed by atoms with Crippen LogP contribution in [0.3, 0.4) is 0 Å². The van der Waals surface area contributed by atoms with Crippen LogP contribution in [0.1, 0.15) is 11.1 Å². The molecule has 4 heteroatoms. The highest BCUT2D eigenvalue weighted by Crippen LogP contribution is 2.22. The molecule has 0 atom stereocenters. The first-order valence-corrected chi connectivity index (χ1v) is 5.92. The maximum Gasteiger partial charge on any atom is 0.128 e. The molecule has 0 amide bonds. The van der Waals surface area contributed by atoms with Crippen molar-refractivity contribution in [3.63, 3.8) is 0 Å². The van der Waals surface area contributed by atoms with Crippen molar-refractivity contribution in [2.75, 3.05) is 12.4 Å². The summed E-state index contributed by atoms with van der Waals surface area (Å²) in [6.07, 6.45) is 0. The molecule has 0 unspecified atom stereocenters. The van der Waals surface area contributed by atoms with Gasteiger partial charge in [-0.05, 0) is 48.9 Å². The van der Waals surface area contributed by atoms with Gasteiger partial charge in [-0.25, -0.2) is 8.78 Å². The molecular formula is C15H15F2NO. The van der Waals surface area contributed by atoms with E-state index in [-0.39, 0.29) is 6.54 Å². The monoisotopic (exact) mass is 263 g/mol. The van der Waals surface area contributed by atoms with E-state index in [1.807, 2.05) is 25.1 Å². The van der Waals surface area contributed by atoms with E-state index in [1.54, 1.807) is 7.11 Å². The minimum absolute atomic E-state index is 0.232. The fraction of sp³-hybridized carbons (Fsp3) is 0.200. The summed E-state index contributed by atoms with van der Waals surface area (Å²) in [5, 5.41) is 3.06. The van der Waals surface area contributed by atoms with Crippen molar-refractivity contribution in [1.82, 2.24) is 0 Å². The Bertz CT molecular complexity index is 584. The van der Waals surface area contributed by atoms with Crippen molar-refractivity contribution < 1.29 is 13.5 Å². The third-order valence-corrected chi connectivity index (χ3v) is 2.89. The minimum Gasteiger partial charge on any atom is -0.496 e. The molecule has 2 aromatic carbocycles. The number of anilines is 1. The lowest BCUT2D eigenvalue weighted by Crippen LogP contribution is -2.02. The number of benzene rings is 2. The van der Waals surface area contributed by atoms with Crippen molar-refractivity contribution in [3.05, 3.63) is 59.2 Å². The van der Waals surface area contributed by atoms with E-state index in [9.17, 15) is 8.78 Å². The van der Waals surface area contributed by atoms with Crippen LogP contribution in [0.25, 0.3) is 0 Å². The van der Waals surface area contributed by atoms with E-state index in [0.29, 0.717) is 5.56 Å². The van der Waals surface area contributed by atoms with Crippen LogP contribution in [-0.4, -0.2) is 7.11 Å². The molecule has 0 aromatic heterocycles. The number of hydrogen-bond donors (Lipinski definition) is 1. The third kappa shape index (κ3) is 3.22. The summed E-state index contributed by atoms with van der Waals surface area (Å²) in [4.78, 5) is 0. The average molecular weight is 263 g/mol. The molecule has 0 radical (unpaired) electrons. The topological polar surface area (TPSA) is 21.3 Å². The molecule has 0 fully saturated rings. The first-order chi connectivity index (χ1) is 9.10. The van der Waals surface area contributed by atoms with Gasteiger partial charge in [-0.3, -0.25) is 0 Å². The van der Waals surface area contributed by atoms with Crippen molar-refractivity contribution in [2.24, 2.45) is 0 Å². The molecule has 0 bridgehead atoms. The Kier molecular flexibility index (Phi) is 4.00. The lowest BCUT2D eigenvalue weighted by atomic mass is 10.1. The molecule has 0 aliphatic rings. The highest BCUT2D eigenvalue weighted by molar-refractivity contribution is 5.51. The predicted molar refractivity (Wildman–Crippen MR) is 71.4 cm³/mol. The molecule has 0 saturated carbocycles. The highest BCUT2D eigenvalue weighted by Gasteiger charge is 2.04. The Balaban J connectivity index is 2.10. The number of hydrogen-bond acceptors (Lipinski definition) is 2. The summed E-state index contributed by atoms with van der Waals surface area (Å²) in [5.41, 5.74) is 2.11. The lowest BCUT2D eigenvalue weighted by Gasteiger charge is -2.10. The Hall–Kier alpha value is -2.10. The Morgan fingerprint density at radius 3 is 2.58 bits per heavy atom. The number of halogens is 2. The maximum absolute atomic E-state index is 13.4. The zero-order valence-electron chi connectivity index (χ0n) is 10.8. The molecule has 2 rings (SSSR count). The number of nitrogens with one attached hydrogen (secondary N) is 1. The maximum atomic E-state index is 13.4. The Morgan fingerprint density at radius 2 is 1.89 bits per heavy atom. The Labute approximate surface area is 111 Å². The van der Waals surface area contributed by atoms with Crippen LogP contribution in [0, 0.1) is 18.6 Å². The van der Waals surface area contributed by atoms with E-state index < -0.39 is 11.6 Å². The fourth-order valence-electron chi connectivity index (χ4n) is 1.86. The number of ether oxygens (including phenoxy) is 1. The second-order valence-electron chi connectivity index (χ2n) is 4.27. The van der Waals surface area contributed by atoms with E-state index in [1.165, 1.54) is 6.07 Å². The third-order valence-electron chi connectivity index (χ3n) is 2.89. The molecule has 0 aliphatic carbocycles. The summed E-state index contributed by atoms with van der Waals surface area (Å²) >= 11 is 0. The number of rotatable bonds is 4. The van der Waals surface area contributed by atoms with Gasteiger partial charge in [0.2, 0.25) is 0 Å². The van der Waals surface area contributed by atoms with Crippen molar-refractivity contribution in [2.45, 2.75) is 13.5 Å². The van der Waals surface area contributed by atoms with Gasteiger partial charge in [0.25, 0.3) is 0 Å². The van der Waals surface area contributed by atoms with E-state index >= 15 is 0 Å². The molecule has 2 nitrogen and oxygen atoms in total.